The second-order valence-electron chi connectivity index (χ2n) is 6.10. The Labute approximate surface area is 151 Å². The van der Waals surface area contributed by atoms with Crippen LogP contribution in [0.5, 0.6) is 0 Å². The number of rotatable bonds is 6. The predicted molar refractivity (Wildman–Crippen MR) is 82.2 cm³/mol. The maximum atomic E-state index is 11.2. The van der Waals surface area contributed by atoms with E-state index in [1.54, 1.807) is 0 Å². The number of aliphatic hydroxyl groups excluding tert-OH is 3. The molecule has 27 heavy (non-hydrogen) atoms. The number of amides is 1. The zero-order chi connectivity index (χ0) is 21.5. The van der Waals surface area contributed by atoms with Crippen LogP contribution < -0.4 is 11.1 Å². The van der Waals surface area contributed by atoms with Crippen molar-refractivity contribution < 1.29 is 53.1 Å². The summed E-state index contributed by atoms with van der Waals surface area (Å²) >= 11 is 0. The fourth-order valence-electron chi connectivity index (χ4n) is 2.75. The van der Waals surface area contributed by atoms with Gasteiger partial charge in [0.1, 0.15) is 12.2 Å². The molecular formula is C14H23F3N2O8. The van der Waals surface area contributed by atoms with Crippen molar-refractivity contribution in [1.29, 1.82) is 0 Å². The highest BCUT2D eigenvalue weighted by Gasteiger charge is 2.44. The van der Waals surface area contributed by atoms with Gasteiger partial charge in [0.05, 0.1) is 18.6 Å². The molecule has 6 atom stereocenters. The van der Waals surface area contributed by atoms with Crippen LogP contribution in [0, 0.1) is 11.8 Å². The highest BCUT2D eigenvalue weighted by Crippen LogP contribution is 2.34. The lowest BCUT2D eigenvalue weighted by molar-refractivity contribution is -0.192. The number of carbonyl (C=O) groups is 3. The van der Waals surface area contributed by atoms with Crippen LogP contribution in [0.25, 0.3) is 0 Å². The molecule has 0 bridgehead atoms. The molecule has 0 aliphatic heterocycles. The van der Waals surface area contributed by atoms with Crippen LogP contribution in [0.2, 0.25) is 0 Å². The summed E-state index contributed by atoms with van der Waals surface area (Å²) < 4.78 is 31.7. The number of aliphatic hydroxyl groups is 3. The Kier molecular flexibility index (Phi) is 9.64. The number of nitrogens with two attached hydrogens (primary N) is 1. The Morgan fingerprint density at radius 1 is 1.19 bits per heavy atom. The molecule has 1 fully saturated rings. The molecule has 1 saturated carbocycles. The molecule has 8 N–H and O–H groups in total. The van der Waals surface area contributed by atoms with Crippen LogP contribution in [-0.2, 0) is 14.4 Å². The predicted octanol–water partition coefficient (Wildman–Crippen LogP) is -1.72. The lowest BCUT2D eigenvalue weighted by Crippen LogP contribution is -2.55. The topological polar surface area (TPSA) is 190 Å². The van der Waals surface area contributed by atoms with Gasteiger partial charge < -0.3 is 36.6 Å². The summed E-state index contributed by atoms with van der Waals surface area (Å²) in [7, 11) is 0. The zero-order valence-electron chi connectivity index (χ0n) is 14.3. The Morgan fingerprint density at radius 2 is 1.67 bits per heavy atom. The van der Waals surface area contributed by atoms with Gasteiger partial charge in [-0.2, -0.15) is 13.2 Å². The van der Waals surface area contributed by atoms with E-state index in [0.29, 0.717) is 0 Å². The Bertz CT molecular complexity index is 531. The van der Waals surface area contributed by atoms with Crippen LogP contribution in [0.4, 0.5) is 13.2 Å². The molecule has 0 saturated heterocycles. The number of hydrogen-bond acceptors (Lipinski definition) is 7. The van der Waals surface area contributed by atoms with E-state index >= 15 is 0 Å². The maximum absolute atomic E-state index is 11.2. The van der Waals surface area contributed by atoms with Gasteiger partial charge in [-0.3, -0.25) is 9.59 Å². The van der Waals surface area contributed by atoms with Crippen molar-refractivity contribution in [3.63, 3.8) is 0 Å². The number of carbonyl (C=O) groups excluding carboxylic acids is 1. The molecular weight excluding hydrogens is 381 g/mol. The van der Waals surface area contributed by atoms with Crippen molar-refractivity contribution in [3.05, 3.63) is 0 Å². The van der Waals surface area contributed by atoms with Crippen molar-refractivity contribution in [1.82, 2.24) is 5.32 Å². The number of halogens is 3. The number of hydrogen-bond donors (Lipinski definition) is 7. The number of alkyl halides is 3. The first-order chi connectivity index (χ1) is 12.2. The van der Waals surface area contributed by atoms with Gasteiger partial charge in [0, 0.05) is 13.0 Å². The molecule has 4 unspecified atom stereocenters. The average Bonchev–Trinajstić information content (AvgIpc) is 2.92. The minimum absolute atomic E-state index is 0.205. The molecule has 13 heteroatoms. The van der Waals surface area contributed by atoms with Crippen molar-refractivity contribution >= 4 is 17.8 Å². The van der Waals surface area contributed by atoms with Crippen molar-refractivity contribution in [2.45, 2.75) is 50.2 Å². The lowest BCUT2D eigenvalue weighted by atomic mass is 9.88. The van der Waals surface area contributed by atoms with Crippen LogP contribution >= 0.6 is 0 Å². The van der Waals surface area contributed by atoms with E-state index in [1.165, 1.54) is 6.92 Å². The average molecular weight is 404 g/mol. The van der Waals surface area contributed by atoms with Gasteiger partial charge in [0.2, 0.25) is 5.91 Å². The van der Waals surface area contributed by atoms with E-state index in [9.17, 15) is 33.0 Å². The van der Waals surface area contributed by atoms with E-state index < -0.39 is 66.8 Å². The molecule has 1 rings (SSSR count). The first-order valence-corrected chi connectivity index (χ1v) is 7.74. The smallest absolute Gasteiger partial charge is 0.481 e. The quantitative estimate of drug-likeness (QED) is 0.270. The first kappa shape index (κ1) is 25.0. The fraction of sp³-hybridized carbons (Fsp3) is 0.786. The summed E-state index contributed by atoms with van der Waals surface area (Å²) in [5, 5.41) is 47.0. The molecule has 1 aliphatic rings. The van der Waals surface area contributed by atoms with E-state index in [-0.39, 0.29) is 12.8 Å². The second-order valence-corrected chi connectivity index (χ2v) is 6.10. The van der Waals surface area contributed by atoms with Crippen molar-refractivity contribution in [2.24, 2.45) is 17.6 Å². The zero-order valence-corrected chi connectivity index (χ0v) is 14.3. The van der Waals surface area contributed by atoms with E-state index in [2.05, 4.69) is 5.32 Å². The summed E-state index contributed by atoms with van der Waals surface area (Å²) in [6.45, 7) is 0.585. The molecule has 0 aromatic heterocycles. The monoisotopic (exact) mass is 404 g/mol. The van der Waals surface area contributed by atoms with E-state index in [4.69, 9.17) is 25.8 Å². The Hall–Kier alpha value is -1.96. The van der Waals surface area contributed by atoms with Gasteiger partial charge in [-0.25, -0.2) is 4.79 Å². The van der Waals surface area contributed by atoms with E-state index in [0.717, 1.165) is 0 Å². The summed E-state index contributed by atoms with van der Waals surface area (Å²) in [5.41, 5.74) is 5.89. The summed E-state index contributed by atoms with van der Waals surface area (Å²) in [6, 6.07) is -1.40. The third kappa shape index (κ3) is 8.07. The Morgan fingerprint density at radius 3 is 1.96 bits per heavy atom. The number of aliphatic carboxylic acids is 2. The summed E-state index contributed by atoms with van der Waals surface area (Å²) in [6.07, 6.45) is -7.47. The first-order valence-electron chi connectivity index (χ1n) is 7.74. The summed E-state index contributed by atoms with van der Waals surface area (Å²) in [4.78, 5) is 31.1. The van der Waals surface area contributed by atoms with Gasteiger partial charge >= 0.3 is 18.1 Å². The third-order valence-corrected chi connectivity index (χ3v) is 4.04. The standard InChI is InChI=1S/C12H22N2O6.C2HF3O2/c1-5(16)14-10(11(18)9(17)4-15)7-2-6(12(19)20)3-8(7)13;3-2(4,5)1(6)7/h6-11,15,17-18H,2-4,13H2,1H3,(H,14,16)(H,19,20);(H,6,7)/t6?,7-,8-,9?,10?,11?;/m0./s1. The summed E-state index contributed by atoms with van der Waals surface area (Å²) in [5.74, 6) is -5.26. The molecule has 1 aliphatic carbocycles. The minimum atomic E-state index is -5.08. The largest absolute Gasteiger partial charge is 0.490 e. The molecule has 1 amide bonds. The van der Waals surface area contributed by atoms with Crippen LogP contribution in [-0.4, -0.2) is 80.5 Å². The molecule has 0 heterocycles. The number of nitrogens with one attached hydrogen (secondary N) is 1. The van der Waals surface area contributed by atoms with Crippen molar-refractivity contribution in [3.8, 4) is 0 Å². The fourth-order valence-corrected chi connectivity index (χ4v) is 2.75. The minimum Gasteiger partial charge on any atom is -0.481 e. The Balaban J connectivity index is 0.000000821. The van der Waals surface area contributed by atoms with Gasteiger partial charge in [-0.05, 0) is 18.8 Å². The van der Waals surface area contributed by atoms with Gasteiger partial charge in [0.25, 0.3) is 0 Å². The molecule has 158 valence electrons. The van der Waals surface area contributed by atoms with Crippen LogP contribution in [0.15, 0.2) is 0 Å². The van der Waals surface area contributed by atoms with Crippen molar-refractivity contribution in [2.75, 3.05) is 6.61 Å². The lowest BCUT2D eigenvalue weighted by Gasteiger charge is -2.33. The van der Waals surface area contributed by atoms with Crippen LogP contribution in [0.1, 0.15) is 19.8 Å². The van der Waals surface area contributed by atoms with Crippen LogP contribution in [0.3, 0.4) is 0 Å². The maximum Gasteiger partial charge on any atom is 0.490 e. The van der Waals surface area contributed by atoms with Gasteiger partial charge in [0.15, 0.2) is 0 Å². The molecule has 0 radical (unpaired) electrons. The highest BCUT2D eigenvalue weighted by atomic mass is 19.4. The number of carboxylic acid groups (broad SMARTS) is 2. The molecule has 0 aromatic rings. The number of carboxylic acids is 2. The SMILES string of the molecule is CC(=O)NC(C(O)C(O)CO)[C@H]1CC(C(=O)O)C[C@@H]1N.O=C(O)C(F)(F)F. The third-order valence-electron chi connectivity index (χ3n) is 4.04. The van der Waals surface area contributed by atoms with Gasteiger partial charge in [-0.1, -0.05) is 0 Å². The van der Waals surface area contributed by atoms with E-state index in [1.807, 2.05) is 0 Å². The van der Waals surface area contributed by atoms with Gasteiger partial charge in [-0.15, -0.1) is 0 Å². The highest BCUT2D eigenvalue weighted by molar-refractivity contribution is 5.74. The molecule has 0 spiro atoms. The molecule has 10 nitrogen and oxygen atoms in total. The normalized spacial score (nSPS) is 25.6. The molecule has 0 aromatic carbocycles. The second kappa shape index (κ2) is 10.4.